The Morgan fingerprint density at radius 3 is 2.96 bits per heavy atom. The zero-order chi connectivity index (χ0) is 16.8. The van der Waals surface area contributed by atoms with Crippen molar-refractivity contribution >= 4 is 23.4 Å². The lowest BCUT2D eigenvalue weighted by molar-refractivity contribution is 0.195. The quantitative estimate of drug-likeness (QED) is 0.798. The van der Waals surface area contributed by atoms with Crippen LogP contribution >= 0.6 is 11.6 Å². The molecule has 2 rings (SSSR count). The fourth-order valence-corrected chi connectivity index (χ4v) is 2.33. The van der Waals surface area contributed by atoms with Gasteiger partial charge in [0.15, 0.2) is 5.82 Å². The fraction of sp³-hybridized carbons (Fsp3) is 0.250. The Kier molecular flexibility index (Phi) is 5.78. The number of carbonyl (C=O) groups excluding carboxylic acids is 1. The smallest absolute Gasteiger partial charge is 0.323 e. The maximum atomic E-state index is 12.2. The van der Waals surface area contributed by atoms with Crippen molar-refractivity contribution in [1.29, 1.82) is 0 Å². The first kappa shape index (κ1) is 17.1. The van der Waals surface area contributed by atoms with Crippen LogP contribution in [0.2, 0.25) is 5.02 Å². The average molecular weight is 335 g/mol. The molecule has 0 aliphatic heterocycles. The van der Waals surface area contributed by atoms with E-state index >= 15 is 0 Å². The Hall–Kier alpha value is -2.31. The Labute approximate surface area is 140 Å². The molecule has 0 aliphatic carbocycles. The lowest BCUT2D eigenvalue weighted by atomic mass is 10.3. The molecule has 1 heterocycles. The van der Waals surface area contributed by atoms with Gasteiger partial charge >= 0.3 is 6.03 Å². The summed E-state index contributed by atoms with van der Waals surface area (Å²) in [7, 11) is 0. The Morgan fingerprint density at radius 1 is 1.52 bits per heavy atom. The number of rotatable bonds is 6. The topological polar surface area (TPSA) is 70.4 Å². The van der Waals surface area contributed by atoms with Crippen molar-refractivity contribution in [2.45, 2.75) is 6.92 Å². The number of aromatic nitrogens is 2. The summed E-state index contributed by atoms with van der Waals surface area (Å²) in [6.07, 6.45) is 1.60. The summed E-state index contributed by atoms with van der Waals surface area (Å²) < 4.78 is 1.70. The lowest BCUT2D eigenvalue weighted by Gasteiger charge is -2.19. The zero-order valence-corrected chi connectivity index (χ0v) is 13.6. The minimum absolute atomic E-state index is 0.114. The van der Waals surface area contributed by atoms with Gasteiger partial charge < -0.3 is 10.0 Å². The molecule has 0 saturated heterocycles. The Morgan fingerprint density at radius 2 is 2.30 bits per heavy atom. The monoisotopic (exact) mass is 334 g/mol. The number of hydrogen-bond donors (Lipinski definition) is 2. The summed E-state index contributed by atoms with van der Waals surface area (Å²) in [5, 5.41) is 16.7. The number of aliphatic hydroxyl groups is 1. The molecule has 0 spiro atoms. The van der Waals surface area contributed by atoms with Crippen LogP contribution in [0.1, 0.15) is 5.69 Å². The third kappa shape index (κ3) is 4.34. The number of benzene rings is 1. The molecule has 2 aromatic rings. The fourth-order valence-electron chi connectivity index (χ4n) is 2.15. The van der Waals surface area contributed by atoms with Gasteiger partial charge in [-0.15, -0.1) is 11.7 Å². The number of nitrogens with one attached hydrogen (secondary N) is 1. The van der Waals surface area contributed by atoms with E-state index in [1.807, 2.05) is 19.1 Å². The molecule has 1 aromatic carbocycles. The molecule has 0 saturated carbocycles. The van der Waals surface area contributed by atoms with E-state index in [2.05, 4.69) is 17.0 Å². The average Bonchev–Trinajstić information content (AvgIpc) is 2.87. The number of hydrogen-bond acceptors (Lipinski definition) is 3. The number of nitrogens with zero attached hydrogens (tertiary/aromatic N) is 3. The van der Waals surface area contributed by atoms with Crippen LogP contribution in [0.3, 0.4) is 0 Å². The number of carbonyl (C=O) groups is 1. The van der Waals surface area contributed by atoms with Crippen molar-refractivity contribution in [3.05, 3.63) is 53.7 Å². The van der Waals surface area contributed by atoms with Gasteiger partial charge in [0, 0.05) is 29.9 Å². The Balaban J connectivity index is 2.17. The van der Waals surface area contributed by atoms with E-state index in [1.165, 1.54) is 4.90 Å². The summed E-state index contributed by atoms with van der Waals surface area (Å²) >= 11 is 6.00. The summed E-state index contributed by atoms with van der Waals surface area (Å²) in [6, 6.07) is 8.73. The molecule has 0 aliphatic rings. The third-order valence-corrected chi connectivity index (χ3v) is 3.42. The highest BCUT2D eigenvalue weighted by Crippen LogP contribution is 2.18. The van der Waals surface area contributed by atoms with Crippen molar-refractivity contribution < 1.29 is 9.90 Å². The van der Waals surface area contributed by atoms with Crippen molar-refractivity contribution in [3.63, 3.8) is 0 Å². The van der Waals surface area contributed by atoms with Crippen molar-refractivity contribution in [3.8, 4) is 5.69 Å². The maximum Gasteiger partial charge on any atom is 0.323 e. The third-order valence-electron chi connectivity index (χ3n) is 3.18. The molecular weight excluding hydrogens is 316 g/mol. The SMILES string of the molecule is C=CCN(CCO)C(=O)Nc1cc(C)n(-c2cccc(Cl)c2)n1. The summed E-state index contributed by atoms with van der Waals surface area (Å²) in [5.41, 5.74) is 1.67. The first-order chi connectivity index (χ1) is 11.0. The normalized spacial score (nSPS) is 10.4. The van der Waals surface area contributed by atoms with Crippen LogP contribution in [-0.2, 0) is 0 Å². The number of aryl methyl sites for hydroxylation is 1. The summed E-state index contributed by atoms with van der Waals surface area (Å²) in [4.78, 5) is 13.6. The van der Waals surface area contributed by atoms with Gasteiger partial charge in [-0.05, 0) is 25.1 Å². The number of anilines is 1. The van der Waals surface area contributed by atoms with Gasteiger partial charge in [0.05, 0.1) is 12.3 Å². The highest BCUT2D eigenvalue weighted by molar-refractivity contribution is 6.30. The van der Waals surface area contributed by atoms with Crippen LogP contribution < -0.4 is 5.32 Å². The van der Waals surface area contributed by atoms with Gasteiger partial charge in [0.1, 0.15) is 0 Å². The van der Waals surface area contributed by atoms with Gasteiger partial charge in [-0.25, -0.2) is 9.48 Å². The molecule has 2 N–H and O–H groups in total. The van der Waals surface area contributed by atoms with E-state index in [4.69, 9.17) is 16.7 Å². The minimum atomic E-state index is -0.338. The van der Waals surface area contributed by atoms with Crippen LogP contribution in [-0.4, -0.2) is 45.5 Å². The highest BCUT2D eigenvalue weighted by Gasteiger charge is 2.14. The van der Waals surface area contributed by atoms with E-state index in [-0.39, 0.29) is 19.2 Å². The number of amides is 2. The summed E-state index contributed by atoms with van der Waals surface area (Å²) in [5.74, 6) is 0.430. The molecule has 6 nitrogen and oxygen atoms in total. The van der Waals surface area contributed by atoms with Crippen molar-refractivity contribution in [2.75, 3.05) is 25.0 Å². The largest absolute Gasteiger partial charge is 0.395 e. The van der Waals surface area contributed by atoms with Crippen LogP contribution in [0.5, 0.6) is 0 Å². The van der Waals surface area contributed by atoms with E-state index in [1.54, 1.807) is 29.0 Å². The van der Waals surface area contributed by atoms with Crippen molar-refractivity contribution in [1.82, 2.24) is 14.7 Å². The molecule has 2 amide bonds. The Bertz CT molecular complexity index is 699. The maximum absolute atomic E-state index is 12.2. The number of aliphatic hydroxyl groups excluding tert-OH is 1. The van der Waals surface area contributed by atoms with Gasteiger partial charge in [-0.2, -0.15) is 0 Å². The second-order valence-corrected chi connectivity index (χ2v) is 5.39. The highest BCUT2D eigenvalue weighted by atomic mass is 35.5. The van der Waals surface area contributed by atoms with Crippen LogP contribution in [0.25, 0.3) is 5.69 Å². The molecule has 0 fully saturated rings. The molecule has 0 atom stereocenters. The van der Waals surface area contributed by atoms with Gasteiger partial charge in [-0.1, -0.05) is 23.7 Å². The first-order valence-electron chi connectivity index (χ1n) is 7.15. The number of urea groups is 1. The molecule has 0 unspecified atom stereocenters. The van der Waals surface area contributed by atoms with E-state index in [9.17, 15) is 4.79 Å². The predicted octanol–water partition coefficient (Wildman–Crippen LogP) is 2.85. The molecule has 7 heteroatoms. The zero-order valence-electron chi connectivity index (χ0n) is 12.9. The second-order valence-electron chi connectivity index (χ2n) is 4.95. The van der Waals surface area contributed by atoms with Crippen LogP contribution in [0.4, 0.5) is 10.6 Å². The second kappa shape index (κ2) is 7.80. The lowest BCUT2D eigenvalue weighted by Crippen LogP contribution is -2.37. The molecule has 1 aromatic heterocycles. The number of halogens is 1. The van der Waals surface area contributed by atoms with E-state index < -0.39 is 0 Å². The van der Waals surface area contributed by atoms with Gasteiger partial charge in [0.25, 0.3) is 0 Å². The molecular formula is C16H19ClN4O2. The van der Waals surface area contributed by atoms with Crippen LogP contribution in [0, 0.1) is 6.92 Å². The van der Waals surface area contributed by atoms with Crippen molar-refractivity contribution in [2.24, 2.45) is 0 Å². The molecule has 23 heavy (non-hydrogen) atoms. The standard InChI is InChI=1S/C16H19ClN4O2/c1-3-7-20(8-9-22)16(23)18-15-10-12(2)21(19-15)14-6-4-5-13(17)11-14/h3-6,10-11,22H,1,7-9H2,2H3,(H,18,19,23). The van der Waals surface area contributed by atoms with Crippen LogP contribution in [0.15, 0.2) is 43.0 Å². The van der Waals surface area contributed by atoms with E-state index in [0.717, 1.165) is 11.4 Å². The molecule has 0 radical (unpaired) electrons. The first-order valence-corrected chi connectivity index (χ1v) is 7.53. The summed E-state index contributed by atoms with van der Waals surface area (Å²) in [6.45, 7) is 5.95. The molecule has 0 bridgehead atoms. The van der Waals surface area contributed by atoms with Gasteiger partial charge in [0.2, 0.25) is 0 Å². The molecule has 122 valence electrons. The minimum Gasteiger partial charge on any atom is -0.395 e. The van der Waals surface area contributed by atoms with E-state index in [0.29, 0.717) is 17.4 Å². The van der Waals surface area contributed by atoms with Gasteiger partial charge in [-0.3, -0.25) is 5.32 Å². The predicted molar refractivity (Wildman–Crippen MR) is 91.2 cm³/mol.